The molecule has 0 spiro atoms. The molecule has 23 heavy (non-hydrogen) atoms. The maximum absolute atomic E-state index is 12.6. The summed E-state index contributed by atoms with van der Waals surface area (Å²) in [5.74, 6) is 1.18. The van der Waals surface area contributed by atoms with Crippen molar-refractivity contribution in [3.63, 3.8) is 0 Å². The molecule has 1 saturated carbocycles. The standard InChI is InChI=1S/C18H23N3O2/c1-20(2)17-8-7-15(19)10-14(17)11-21(18(22)13-5-6-13)12-16-4-3-9-23-16/h3-4,7-10,13H,5-6,11-12,19H2,1-2H3. The van der Waals surface area contributed by atoms with Crippen LogP contribution in [-0.4, -0.2) is 24.9 Å². The maximum Gasteiger partial charge on any atom is 0.226 e. The number of carbonyl (C=O) groups excluding carboxylic acids is 1. The number of nitrogens with zero attached hydrogens (tertiary/aromatic N) is 2. The van der Waals surface area contributed by atoms with Gasteiger partial charge in [0.15, 0.2) is 0 Å². The Balaban J connectivity index is 1.85. The molecular formula is C18H23N3O2. The van der Waals surface area contributed by atoms with Gasteiger partial charge >= 0.3 is 0 Å². The molecule has 122 valence electrons. The Labute approximate surface area is 136 Å². The van der Waals surface area contributed by atoms with E-state index in [1.54, 1.807) is 6.26 Å². The van der Waals surface area contributed by atoms with E-state index in [9.17, 15) is 4.79 Å². The smallest absolute Gasteiger partial charge is 0.226 e. The van der Waals surface area contributed by atoms with Crippen LogP contribution >= 0.6 is 0 Å². The molecule has 0 aliphatic heterocycles. The summed E-state index contributed by atoms with van der Waals surface area (Å²) in [6.07, 6.45) is 3.62. The highest BCUT2D eigenvalue weighted by molar-refractivity contribution is 5.81. The first kappa shape index (κ1) is 15.5. The molecule has 3 rings (SSSR count). The second kappa shape index (κ2) is 6.36. The van der Waals surface area contributed by atoms with E-state index >= 15 is 0 Å². The van der Waals surface area contributed by atoms with E-state index in [1.807, 2.05) is 54.2 Å². The van der Waals surface area contributed by atoms with Crippen LogP contribution in [0.4, 0.5) is 11.4 Å². The Morgan fingerprint density at radius 3 is 2.65 bits per heavy atom. The Hall–Kier alpha value is -2.43. The summed E-state index contributed by atoms with van der Waals surface area (Å²) in [6, 6.07) is 9.58. The lowest BCUT2D eigenvalue weighted by atomic mass is 10.1. The van der Waals surface area contributed by atoms with Crippen LogP contribution < -0.4 is 10.6 Å². The van der Waals surface area contributed by atoms with Gasteiger partial charge in [-0.3, -0.25) is 4.79 Å². The number of anilines is 2. The van der Waals surface area contributed by atoms with Crippen LogP contribution in [0.25, 0.3) is 0 Å². The number of nitrogens with two attached hydrogens (primary N) is 1. The first-order chi connectivity index (χ1) is 11.0. The average Bonchev–Trinajstić information content (AvgIpc) is 3.23. The number of furan rings is 1. The zero-order valence-electron chi connectivity index (χ0n) is 13.7. The molecule has 1 amide bonds. The number of benzene rings is 1. The van der Waals surface area contributed by atoms with Crippen LogP contribution in [-0.2, 0) is 17.9 Å². The highest BCUT2D eigenvalue weighted by atomic mass is 16.3. The van der Waals surface area contributed by atoms with Gasteiger partial charge in [0.1, 0.15) is 5.76 Å². The predicted molar refractivity (Wildman–Crippen MR) is 90.9 cm³/mol. The van der Waals surface area contributed by atoms with Crippen molar-refractivity contribution in [2.45, 2.75) is 25.9 Å². The third kappa shape index (κ3) is 3.67. The molecule has 0 atom stereocenters. The van der Waals surface area contributed by atoms with E-state index in [1.165, 1.54) is 0 Å². The van der Waals surface area contributed by atoms with Gasteiger partial charge in [0.25, 0.3) is 0 Å². The van der Waals surface area contributed by atoms with Gasteiger partial charge in [-0.2, -0.15) is 0 Å². The average molecular weight is 313 g/mol. The Bertz CT molecular complexity index is 676. The van der Waals surface area contributed by atoms with Gasteiger partial charge in [-0.05, 0) is 48.7 Å². The molecule has 5 heteroatoms. The Morgan fingerprint density at radius 1 is 1.26 bits per heavy atom. The molecule has 0 unspecified atom stereocenters. The Morgan fingerprint density at radius 2 is 2.04 bits per heavy atom. The van der Waals surface area contributed by atoms with Crippen molar-refractivity contribution < 1.29 is 9.21 Å². The van der Waals surface area contributed by atoms with Crippen molar-refractivity contribution >= 4 is 17.3 Å². The zero-order chi connectivity index (χ0) is 16.4. The highest BCUT2D eigenvalue weighted by Gasteiger charge is 2.34. The van der Waals surface area contributed by atoms with Crippen molar-refractivity contribution in [2.24, 2.45) is 5.92 Å². The zero-order valence-corrected chi connectivity index (χ0v) is 13.7. The third-order valence-corrected chi connectivity index (χ3v) is 4.11. The molecule has 5 nitrogen and oxygen atoms in total. The minimum atomic E-state index is 0.175. The minimum absolute atomic E-state index is 0.175. The molecule has 1 aliphatic carbocycles. The van der Waals surface area contributed by atoms with E-state index in [-0.39, 0.29) is 11.8 Å². The van der Waals surface area contributed by atoms with E-state index in [0.717, 1.165) is 29.9 Å². The van der Waals surface area contributed by atoms with Gasteiger partial charge in [-0.15, -0.1) is 0 Å². The summed E-state index contributed by atoms with van der Waals surface area (Å²) in [5, 5.41) is 0. The molecule has 1 heterocycles. The van der Waals surface area contributed by atoms with Crippen molar-refractivity contribution in [2.75, 3.05) is 24.7 Å². The van der Waals surface area contributed by atoms with Gasteiger partial charge in [-0.1, -0.05) is 0 Å². The minimum Gasteiger partial charge on any atom is -0.467 e. The second-order valence-corrected chi connectivity index (χ2v) is 6.33. The van der Waals surface area contributed by atoms with Crippen molar-refractivity contribution in [1.29, 1.82) is 0 Å². The quantitative estimate of drug-likeness (QED) is 0.833. The topological polar surface area (TPSA) is 62.7 Å². The first-order valence-corrected chi connectivity index (χ1v) is 7.91. The van der Waals surface area contributed by atoms with Crippen molar-refractivity contribution in [3.8, 4) is 0 Å². The van der Waals surface area contributed by atoms with Crippen LogP contribution in [0, 0.1) is 5.92 Å². The number of rotatable bonds is 6. The van der Waals surface area contributed by atoms with Gasteiger partial charge in [0, 0.05) is 37.9 Å². The summed E-state index contributed by atoms with van der Waals surface area (Å²) in [6.45, 7) is 1.03. The number of nitrogen functional groups attached to an aromatic ring is 1. The van der Waals surface area contributed by atoms with Gasteiger partial charge in [0.05, 0.1) is 12.8 Å². The number of carbonyl (C=O) groups is 1. The van der Waals surface area contributed by atoms with Crippen molar-refractivity contribution in [1.82, 2.24) is 4.90 Å². The van der Waals surface area contributed by atoms with E-state index < -0.39 is 0 Å². The van der Waals surface area contributed by atoms with Crippen LogP contribution in [0.3, 0.4) is 0 Å². The fourth-order valence-electron chi connectivity index (χ4n) is 2.76. The molecule has 0 radical (unpaired) electrons. The molecular weight excluding hydrogens is 290 g/mol. The summed E-state index contributed by atoms with van der Waals surface area (Å²) in [4.78, 5) is 16.6. The lowest BCUT2D eigenvalue weighted by Crippen LogP contribution is -2.31. The molecule has 1 fully saturated rings. The number of hydrogen-bond donors (Lipinski definition) is 1. The maximum atomic E-state index is 12.6. The SMILES string of the molecule is CN(C)c1ccc(N)cc1CN(Cc1ccco1)C(=O)C1CC1. The predicted octanol–water partition coefficient (Wildman–Crippen LogP) is 2.87. The lowest BCUT2D eigenvalue weighted by molar-refractivity contribution is -0.134. The van der Waals surface area contributed by atoms with E-state index in [0.29, 0.717) is 18.8 Å². The molecule has 0 bridgehead atoms. The molecule has 2 N–H and O–H groups in total. The van der Waals surface area contributed by atoms with Crippen molar-refractivity contribution in [3.05, 3.63) is 47.9 Å². The largest absolute Gasteiger partial charge is 0.467 e. The number of hydrogen-bond acceptors (Lipinski definition) is 4. The van der Waals surface area contributed by atoms with Crippen LogP contribution in [0.2, 0.25) is 0 Å². The fraction of sp³-hybridized carbons (Fsp3) is 0.389. The van der Waals surface area contributed by atoms with E-state index in [2.05, 4.69) is 0 Å². The van der Waals surface area contributed by atoms with Crippen LogP contribution in [0.15, 0.2) is 41.0 Å². The fourth-order valence-corrected chi connectivity index (χ4v) is 2.76. The monoisotopic (exact) mass is 313 g/mol. The molecule has 1 aromatic heterocycles. The summed E-state index contributed by atoms with van der Waals surface area (Å²) >= 11 is 0. The summed E-state index contributed by atoms with van der Waals surface area (Å²) < 4.78 is 5.42. The van der Waals surface area contributed by atoms with Gasteiger partial charge in [0.2, 0.25) is 5.91 Å². The molecule has 2 aromatic rings. The van der Waals surface area contributed by atoms with Gasteiger partial charge < -0.3 is 20.0 Å². The Kier molecular flexibility index (Phi) is 4.28. The molecule has 1 aromatic carbocycles. The van der Waals surface area contributed by atoms with E-state index in [4.69, 9.17) is 10.2 Å². The number of amides is 1. The van der Waals surface area contributed by atoms with Crippen LogP contribution in [0.5, 0.6) is 0 Å². The summed E-state index contributed by atoms with van der Waals surface area (Å²) in [5.41, 5.74) is 8.79. The first-order valence-electron chi connectivity index (χ1n) is 7.91. The second-order valence-electron chi connectivity index (χ2n) is 6.33. The van der Waals surface area contributed by atoms with Crippen LogP contribution in [0.1, 0.15) is 24.2 Å². The lowest BCUT2D eigenvalue weighted by Gasteiger charge is -2.25. The molecule has 1 aliphatic rings. The normalized spacial score (nSPS) is 13.8. The highest BCUT2D eigenvalue weighted by Crippen LogP contribution is 2.33. The molecule has 0 saturated heterocycles. The third-order valence-electron chi connectivity index (χ3n) is 4.11. The van der Waals surface area contributed by atoms with Gasteiger partial charge in [-0.25, -0.2) is 0 Å². The summed E-state index contributed by atoms with van der Waals surface area (Å²) in [7, 11) is 3.99.